The molecule has 1 aliphatic heterocycles. The van der Waals surface area contributed by atoms with E-state index >= 15 is 0 Å². The number of ether oxygens (including phenoxy) is 1. The van der Waals surface area contributed by atoms with Gasteiger partial charge in [-0.3, -0.25) is 4.90 Å². The molecule has 0 aromatic heterocycles. The summed E-state index contributed by atoms with van der Waals surface area (Å²) >= 11 is 0. The average molecular weight is 296 g/mol. The molecule has 0 spiro atoms. The van der Waals surface area contributed by atoms with Crippen LogP contribution in [0.4, 0.5) is 4.39 Å². The van der Waals surface area contributed by atoms with Gasteiger partial charge in [0.2, 0.25) is 0 Å². The molecule has 4 nitrogen and oxygen atoms in total. The molecule has 2 N–H and O–H groups in total. The van der Waals surface area contributed by atoms with Crippen LogP contribution < -0.4 is 10.1 Å². The Labute approximate surface area is 125 Å². The van der Waals surface area contributed by atoms with E-state index in [9.17, 15) is 9.50 Å². The van der Waals surface area contributed by atoms with Gasteiger partial charge in [-0.1, -0.05) is 6.07 Å². The Morgan fingerprint density at radius 2 is 2.33 bits per heavy atom. The molecule has 1 aromatic carbocycles. The smallest absolute Gasteiger partial charge is 0.131 e. The zero-order chi connectivity index (χ0) is 15.2. The third-order valence-electron chi connectivity index (χ3n) is 4.34. The van der Waals surface area contributed by atoms with E-state index < -0.39 is 0 Å². The van der Waals surface area contributed by atoms with Crippen molar-refractivity contribution >= 4 is 0 Å². The van der Waals surface area contributed by atoms with E-state index in [1.165, 1.54) is 6.07 Å². The first-order valence-electron chi connectivity index (χ1n) is 7.55. The molecular formula is C16H25FN2O2. The second kappa shape index (κ2) is 7.73. The van der Waals surface area contributed by atoms with Crippen molar-refractivity contribution in [3.8, 4) is 5.75 Å². The van der Waals surface area contributed by atoms with E-state index in [2.05, 4.69) is 10.2 Å². The highest BCUT2D eigenvalue weighted by molar-refractivity contribution is 5.37. The normalized spacial score (nSPS) is 20.7. The molecule has 2 atom stereocenters. The maximum atomic E-state index is 14.1. The van der Waals surface area contributed by atoms with Gasteiger partial charge in [0.15, 0.2) is 0 Å². The number of halogens is 1. The van der Waals surface area contributed by atoms with Crippen LogP contribution in [0.1, 0.15) is 30.9 Å². The van der Waals surface area contributed by atoms with Gasteiger partial charge in [0.25, 0.3) is 0 Å². The fourth-order valence-electron chi connectivity index (χ4n) is 3.16. The zero-order valence-corrected chi connectivity index (χ0v) is 12.8. The molecule has 0 radical (unpaired) electrons. The van der Waals surface area contributed by atoms with Gasteiger partial charge >= 0.3 is 0 Å². The van der Waals surface area contributed by atoms with Crippen molar-refractivity contribution < 1.29 is 14.2 Å². The summed E-state index contributed by atoms with van der Waals surface area (Å²) in [5.41, 5.74) is 0.585. The second-order valence-electron chi connectivity index (χ2n) is 5.50. The molecule has 0 aliphatic carbocycles. The minimum absolute atomic E-state index is 0.0962. The minimum Gasteiger partial charge on any atom is -0.496 e. The standard InChI is InChI=1S/C16H25FN2O2/c1-18-14(8-10-19-9-4-5-12(19)11-20)16-13(17)6-3-7-15(16)21-2/h3,6-7,12,14,18,20H,4-5,8-11H2,1-2H3. The number of benzene rings is 1. The molecule has 2 unspecified atom stereocenters. The van der Waals surface area contributed by atoms with Crippen molar-refractivity contribution in [1.29, 1.82) is 0 Å². The molecule has 0 saturated carbocycles. The summed E-state index contributed by atoms with van der Waals surface area (Å²) < 4.78 is 19.4. The Morgan fingerprint density at radius 1 is 1.52 bits per heavy atom. The number of hydrogen-bond donors (Lipinski definition) is 2. The quantitative estimate of drug-likeness (QED) is 0.807. The van der Waals surface area contributed by atoms with Crippen LogP contribution in [0.25, 0.3) is 0 Å². The lowest BCUT2D eigenvalue weighted by Crippen LogP contribution is -2.35. The van der Waals surface area contributed by atoms with Crippen molar-refractivity contribution in [3.05, 3.63) is 29.6 Å². The van der Waals surface area contributed by atoms with Gasteiger partial charge in [-0.2, -0.15) is 0 Å². The third-order valence-corrected chi connectivity index (χ3v) is 4.34. The van der Waals surface area contributed by atoms with Crippen LogP contribution in [-0.4, -0.2) is 49.9 Å². The maximum Gasteiger partial charge on any atom is 0.131 e. The highest BCUT2D eigenvalue weighted by Gasteiger charge is 2.25. The predicted molar refractivity (Wildman–Crippen MR) is 81.1 cm³/mol. The van der Waals surface area contributed by atoms with Crippen LogP contribution in [0.3, 0.4) is 0 Å². The summed E-state index contributed by atoms with van der Waals surface area (Å²) in [4.78, 5) is 2.29. The van der Waals surface area contributed by atoms with Crippen molar-refractivity contribution in [3.63, 3.8) is 0 Å². The summed E-state index contributed by atoms with van der Waals surface area (Å²) in [6.45, 7) is 2.05. The van der Waals surface area contributed by atoms with Crippen LogP contribution >= 0.6 is 0 Å². The molecule has 5 heteroatoms. The van der Waals surface area contributed by atoms with E-state index in [-0.39, 0.29) is 24.5 Å². The molecular weight excluding hydrogens is 271 g/mol. The summed E-state index contributed by atoms with van der Waals surface area (Å²) in [6, 6.07) is 5.07. The van der Waals surface area contributed by atoms with Crippen LogP contribution in [0.5, 0.6) is 5.75 Å². The van der Waals surface area contributed by atoms with Gasteiger partial charge in [0.05, 0.1) is 13.7 Å². The summed E-state index contributed by atoms with van der Waals surface area (Å²) in [6.07, 6.45) is 2.95. The molecule has 1 heterocycles. The van der Waals surface area contributed by atoms with Gasteiger partial charge in [-0.05, 0) is 45.0 Å². The Balaban J connectivity index is 2.06. The number of nitrogens with one attached hydrogen (secondary N) is 1. The van der Waals surface area contributed by atoms with E-state index in [1.54, 1.807) is 19.2 Å². The molecule has 0 bridgehead atoms. The Bertz CT molecular complexity index is 456. The van der Waals surface area contributed by atoms with Crippen molar-refractivity contribution in [2.45, 2.75) is 31.3 Å². The number of likely N-dealkylation sites (tertiary alicyclic amines) is 1. The second-order valence-corrected chi connectivity index (χ2v) is 5.50. The topological polar surface area (TPSA) is 44.7 Å². The lowest BCUT2D eigenvalue weighted by molar-refractivity contribution is 0.154. The summed E-state index contributed by atoms with van der Waals surface area (Å²) in [5.74, 6) is 0.336. The molecule has 1 aliphatic rings. The van der Waals surface area contributed by atoms with E-state index in [1.807, 2.05) is 7.05 Å². The number of aliphatic hydroxyl groups is 1. The Morgan fingerprint density at radius 3 is 3.00 bits per heavy atom. The summed E-state index contributed by atoms with van der Waals surface area (Å²) in [5, 5.41) is 12.5. The third kappa shape index (κ3) is 3.73. The van der Waals surface area contributed by atoms with Gasteiger partial charge in [-0.25, -0.2) is 4.39 Å². The van der Waals surface area contributed by atoms with Crippen LogP contribution in [0.15, 0.2) is 18.2 Å². The van der Waals surface area contributed by atoms with Crippen LogP contribution in [0, 0.1) is 5.82 Å². The number of hydrogen-bond acceptors (Lipinski definition) is 4. The van der Waals surface area contributed by atoms with Gasteiger partial charge in [-0.15, -0.1) is 0 Å². The fraction of sp³-hybridized carbons (Fsp3) is 0.625. The Kier molecular flexibility index (Phi) is 5.96. The number of rotatable bonds is 7. The number of nitrogens with zero attached hydrogens (tertiary/aromatic N) is 1. The van der Waals surface area contributed by atoms with Crippen molar-refractivity contribution in [2.24, 2.45) is 0 Å². The molecule has 1 aromatic rings. The van der Waals surface area contributed by atoms with Gasteiger partial charge in [0.1, 0.15) is 11.6 Å². The molecule has 1 saturated heterocycles. The van der Waals surface area contributed by atoms with Gasteiger partial charge in [0, 0.05) is 24.2 Å². The first kappa shape index (κ1) is 16.2. The van der Waals surface area contributed by atoms with Crippen molar-refractivity contribution in [2.75, 3.05) is 33.9 Å². The first-order chi connectivity index (χ1) is 10.2. The fourth-order valence-corrected chi connectivity index (χ4v) is 3.16. The predicted octanol–water partition coefficient (Wildman–Crippen LogP) is 1.94. The molecule has 21 heavy (non-hydrogen) atoms. The Hall–Kier alpha value is -1.17. The maximum absolute atomic E-state index is 14.1. The summed E-state index contributed by atoms with van der Waals surface area (Å²) in [7, 11) is 3.40. The largest absolute Gasteiger partial charge is 0.496 e. The average Bonchev–Trinajstić information content (AvgIpc) is 2.96. The van der Waals surface area contributed by atoms with Crippen molar-refractivity contribution in [1.82, 2.24) is 10.2 Å². The highest BCUT2D eigenvalue weighted by atomic mass is 19.1. The van der Waals surface area contributed by atoms with Gasteiger partial charge < -0.3 is 15.2 Å². The lowest BCUT2D eigenvalue weighted by atomic mass is 10.0. The van der Waals surface area contributed by atoms with Crippen LogP contribution in [-0.2, 0) is 0 Å². The van der Waals surface area contributed by atoms with Crippen LogP contribution in [0.2, 0.25) is 0 Å². The SMILES string of the molecule is CNC(CCN1CCCC1CO)c1c(F)cccc1OC. The monoisotopic (exact) mass is 296 g/mol. The molecule has 118 valence electrons. The zero-order valence-electron chi connectivity index (χ0n) is 12.8. The van der Waals surface area contributed by atoms with E-state index in [0.717, 1.165) is 32.4 Å². The first-order valence-corrected chi connectivity index (χ1v) is 7.55. The molecule has 2 rings (SSSR count). The number of aliphatic hydroxyl groups excluding tert-OH is 1. The van der Waals surface area contributed by atoms with E-state index in [4.69, 9.17) is 4.74 Å². The molecule has 1 fully saturated rings. The molecule has 0 amide bonds. The van der Waals surface area contributed by atoms with E-state index in [0.29, 0.717) is 11.3 Å². The number of methoxy groups -OCH3 is 1. The lowest BCUT2D eigenvalue weighted by Gasteiger charge is -2.26. The highest BCUT2D eigenvalue weighted by Crippen LogP contribution is 2.30. The minimum atomic E-state index is -0.242.